The number of rotatable bonds is 0. The van der Waals surface area contributed by atoms with Gasteiger partial charge in [-0.05, 0) is 29.6 Å². The zero-order valence-electron chi connectivity index (χ0n) is 5.10. The highest BCUT2D eigenvalue weighted by Gasteiger charge is 1.94. The van der Waals surface area contributed by atoms with E-state index >= 15 is 0 Å². The molecule has 0 atom stereocenters. The first kappa shape index (κ1) is 5.86. The van der Waals surface area contributed by atoms with Crippen LogP contribution < -0.4 is 0 Å². The van der Waals surface area contributed by atoms with Crippen LogP contribution in [0.1, 0.15) is 0 Å². The molecule has 0 unspecified atom stereocenters. The number of hydrogen-bond donors (Lipinski definition) is 0. The van der Waals surface area contributed by atoms with Gasteiger partial charge < -0.3 is 0 Å². The van der Waals surface area contributed by atoms with Gasteiger partial charge in [-0.25, -0.2) is 4.39 Å². The Morgan fingerprint density at radius 3 is 3.30 bits per heavy atom. The smallest absolute Gasteiger partial charge is 0.125 e. The molecule has 1 aromatic heterocycles. The lowest BCUT2D eigenvalue weighted by molar-refractivity contribution is 0.629. The zero-order valence-corrected chi connectivity index (χ0v) is 5.91. The van der Waals surface area contributed by atoms with E-state index < -0.39 is 0 Å². The van der Waals surface area contributed by atoms with Crippen LogP contribution in [0, 0.1) is 11.9 Å². The molecule has 0 saturated carbocycles. The lowest BCUT2D eigenvalue weighted by atomic mass is 10.3. The third-order valence-corrected chi connectivity index (χ3v) is 2.19. The first-order valence-corrected chi connectivity index (χ1v) is 3.79. The van der Waals surface area contributed by atoms with E-state index in [0.29, 0.717) is 0 Å². The first-order valence-electron chi connectivity index (χ1n) is 2.91. The van der Waals surface area contributed by atoms with E-state index in [4.69, 9.17) is 0 Å². The maximum absolute atomic E-state index is 12.5. The topological polar surface area (TPSA) is 0 Å². The molecular formula is C8H4FS. The summed E-state index contributed by atoms with van der Waals surface area (Å²) in [6, 6.07) is 7.64. The van der Waals surface area contributed by atoms with Crippen molar-refractivity contribution in [1.82, 2.24) is 0 Å². The molecule has 0 saturated heterocycles. The molecule has 0 aliphatic carbocycles. The zero-order chi connectivity index (χ0) is 6.97. The van der Waals surface area contributed by atoms with Crippen LogP contribution in [-0.4, -0.2) is 0 Å². The van der Waals surface area contributed by atoms with Gasteiger partial charge in [0.1, 0.15) is 5.82 Å². The highest BCUT2D eigenvalue weighted by molar-refractivity contribution is 7.17. The minimum atomic E-state index is -0.213. The largest absolute Gasteiger partial charge is 0.207 e. The Hall–Kier alpha value is -0.890. The van der Waals surface area contributed by atoms with Gasteiger partial charge in [0.15, 0.2) is 0 Å². The van der Waals surface area contributed by atoms with E-state index in [1.54, 1.807) is 0 Å². The van der Waals surface area contributed by atoms with Crippen molar-refractivity contribution < 1.29 is 4.39 Å². The first-order chi connectivity index (χ1) is 4.86. The monoisotopic (exact) mass is 151 g/mol. The van der Waals surface area contributed by atoms with Crippen LogP contribution in [0.5, 0.6) is 0 Å². The van der Waals surface area contributed by atoms with Crippen LogP contribution in [0.4, 0.5) is 4.39 Å². The molecule has 0 aliphatic heterocycles. The van der Waals surface area contributed by atoms with Crippen LogP contribution in [0.15, 0.2) is 23.6 Å². The summed E-state index contributed by atoms with van der Waals surface area (Å²) < 4.78 is 13.4. The van der Waals surface area contributed by atoms with Crippen molar-refractivity contribution in [2.24, 2.45) is 0 Å². The molecule has 1 heterocycles. The number of thiophene rings is 1. The van der Waals surface area contributed by atoms with Crippen LogP contribution >= 0.6 is 11.3 Å². The fourth-order valence-electron chi connectivity index (χ4n) is 0.866. The van der Waals surface area contributed by atoms with Crippen molar-refractivity contribution in [1.29, 1.82) is 0 Å². The van der Waals surface area contributed by atoms with E-state index in [9.17, 15) is 4.39 Å². The Labute approximate surface area is 61.9 Å². The minimum Gasteiger partial charge on any atom is -0.207 e. The van der Waals surface area contributed by atoms with Crippen molar-refractivity contribution in [3.05, 3.63) is 35.5 Å². The van der Waals surface area contributed by atoms with E-state index in [-0.39, 0.29) is 5.82 Å². The van der Waals surface area contributed by atoms with Gasteiger partial charge in [-0.1, -0.05) is 0 Å². The SMILES string of the molecule is Fc1c[c]c2ccsc2c1. The predicted octanol–water partition coefficient (Wildman–Crippen LogP) is 2.84. The normalized spacial score (nSPS) is 10.5. The standard InChI is InChI=1S/C8H4FS/c9-7-2-1-6-3-4-10-8(6)5-7/h2-5H. The number of fused-ring (bicyclic) bond motifs is 1. The fourth-order valence-corrected chi connectivity index (χ4v) is 1.65. The third kappa shape index (κ3) is 0.809. The second-order valence-corrected chi connectivity index (χ2v) is 2.96. The van der Waals surface area contributed by atoms with E-state index in [0.717, 1.165) is 10.1 Å². The van der Waals surface area contributed by atoms with Crippen molar-refractivity contribution in [3.63, 3.8) is 0 Å². The highest BCUT2D eigenvalue weighted by Crippen LogP contribution is 2.20. The molecule has 1 aromatic carbocycles. The van der Waals surface area contributed by atoms with E-state index in [1.165, 1.54) is 23.5 Å². The average Bonchev–Trinajstić information content (AvgIpc) is 2.33. The van der Waals surface area contributed by atoms with Gasteiger partial charge in [-0.3, -0.25) is 0 Å². The van der Waals surface area contributed by atoms with Gasteiger partial charge in [0, 0.05) is 10.1 Å². The molecule has 1 radical (unpaired) electrons. The number of halogens is 1. The second kappa shape index (κ2) is 2.06. The molecule has 2 rings (SSSR count). The molecule has 2 heteroatoms. The molecule has 0 N–H and O–H groups in total. The summed E-state index contributed by atoms with van der Waals surface area (Å²) in [6.07, 6.45) is 0. The summed E-state index contributed by atoms with van der Waals surface area (Å²) in [4.78, 5) is 0. The summed E-state index contributed by atoms with van der Waals surface area (Å²) >= 11 is 1.53. The third-order valence-electron chi connectivity index (χ3n) is 1.33. The highest BCUT2D eigenvalue weighted by atomic mass is 32.1. The summed E-state index contributed by atoms with van der Waals surface area (Å²) in [6.45, 7) is 0. The predicted molar refractivity (Wildman–Crippen MR) is 40.6 cm³/mol. The Balaban J connectivity index is 2.86. The van der Waals surface area contributed by atoms with Crippen molar-refractivity contribution in [3.8, 4) is 0 Å². The Bertz CT molecular complexity index is 351. The van der Waals surface area contributed by atoms with E-state index in [1.807, 2.05) is 11.4 Å². The van der Waals surface area contributed by atoms with Crippen LogP contribution in [0.3, 0.4) is 0 Å². The summed E-state index contributed by atoms with van der Waals surface area (Å²) in [5.41, 5.74) is 0. The van der Waals surface area contributed by atoms with Gasteiger partial charge in [-0.15, -0.1) is 11.3 Å². The molecule has 0 spiro atoms. The quantitative estimate of drug-likeness (QED) is 0.543. The van der Waals surface area contributed by atoms with Crippen molar-refractivity contribution in [2.45, 2.75) is 0 Å². The van der Waals surface area contributed by atoms with Crippen molar-refractivity contribution in [2.75, 3.05) is 0 Å². The summed E-state index contributed by atoms with van der Waals surface area (Å²) in [7, 11) is 0. The molecule has 49 valence electrons. The maximum Gasteiger partial charge on any atom is 0.125 e. The lowest BCUT2D eigenvalue weighted by Gasteiger charge is -1.86. The molecule has 0 bridgehead atoms. The number of benzene rings is 1. The minimum absolute atomic E-state index is 0.213. The van der Waals surface area contributed by atoms with Crippen LogP contribution in [-0.2, 0) is 0 Å². The molecule has 10 heavy (non-hydrogen) atoms. The molecular weight excluding hydrogens is 147 g/mol. The molecule has 0 amide bonds. The molecule has 2 aromatic rings. The van der Waals surface area contributed by atoms with Gasteiger partial charge in [0.25, 0.3) is 0 Å². The van der Waals surface area contributed by atoms with E-state index in [2.05, 4.69) is 6.07 Å². The molecule has 0 nitrogen and oxygen atoms in total. The Morgan fingerprint density at radius 2 is 2.40 bits per heavy atom. The van der Waals surface area contributed by atoms with Gasteiger partial charge in [0.2, 0.25) is 0 Å². The lowest BCUT2D eigenvalue weighted by Crippen LogP contribution is -1.68. The maximum atomic E-state index is 12.5. The van der Waals surface area contributed by atoms with Gasteiger partial charge in [0.05, 0.1) is 0 Å². The Morgan fingerprint density at radius 1 is 1.50 bits per heavy atom. The number of hydrogen-bond acceptors (Lipinski definition) is 1. The summed E-state index contributed by atoms with van der Waals surface area (Å²) in [5, 5.41) is 2.92. The molecule has 0 aliphatic rings. The summed E-state index contributed by atoms with van der Waals surface area (Å²) in [5.74, 6) is -0.213. The van der Waals surface area contributed by atoms with Gasteiger partial charge in [-0.2, -0.15) is 0 Å². The van der Waals surface area contributed by atoms with Gasteiger partial charge >= 0.3 is 0 Å². The average molecular weight is 151 g/mol. The Kier molecular flexibility index (Phi) is 1.21. The van der Waals surface area contributed by atoms with Crippen molar-refractivity contribution >= 4 is 21.4 Å². The molecule has 0 fully saturated rings. The van der Waals surface area contributed by atoms with Crippen LogP contribution in [0.25, 0.3) is 10.1 Å². The fraction of sp³-hybridized carbons (Fsp3) is 0. The second-order valence-electron chi connectivity index (χ2n) is 2.02. The van der Waals surface area contributed by atoms with Crippen LogP contribution in [0.2, 0.25) is 0 Å².